The third kappa shape index (κ3) is 3.70. The van der Waals surface area contributed by atoms with Gasteiger partial charge in [0.2, 0.25) is 0 Å². The van der Waals surface area contributed by atoms with E-state index in [1.54, 1.807) is 0 Å². The van der Waals surface area contributed by atoms with Crippen LogP contribution in [0.5, 0.6) is 0 Å². The molecule has 0 bridgehead atoms. The van der Waals surface area contributed by atoms with Crippen LogP contribution in [0.4, 0.5) is 0 Å². The lowest BCUT2D eigenvalue weighted by Crippen LogP contribution is -2.44. The Hall–Kier alpha value is -1.35. The zero-order chi connectivity index (χ0) is 16.2. The van der Waals surface area contributed by atoms with Gasteiger partial charge >= 0.3 is 5.97 Å². The third-order valence-electron chi connectivity index (χ3n) is 4.68. The van der Waals surface area contributed by atoms with Crippen LogP contribution in [0.1, 0.15) is 64.4 Å². The Balaban J connectivity index is 2.19. The van der Waals surface area contributed by atoms with E-state index in [2.05, 4.69) is 19.1 Å². The lowest BCUT2D eigenvalue weighted by atomic mass is 9.87. The van der Waals surface area contributed by atoms with Crippen LogP contribution in [0, 0.1) is 5.92 Å². The first-order valence-electron chi connectivity index (χ1n) is 8.45. The van der Waals surface area contributed by atoms with E-state index < -0.39 is 11.6 Å². The first-order chi connectivity index (χ1) is 10.5. The van der Waals surface area contributed by atoms with Crippen molar-refractivity contribution < 1.29 is 14.6 Å². The number of esters is 1. The molecule has 0 saturated heterocycles. The minimum Gasteiger partial charge on any atom is -0.461 e. The van der Waals surface area contributed by atoms with Crippen molar-refractivity contribution in [2.24, 2.45) is 5.92 Å². The van der Waals surface area contributed by atoms with Crippen LogP contribution in [0.15, 0.2) is 30.3 Å². The molecular weight excluding hydrogens is 276 g/mol. The van der Waals surface area contributed by atoms with Gasteiger partial charge in [0.1, 0.15) is 0 Å². The van der Waals surface area contributed by atoms with E-state index in [-0.39, 0.29) is 17.9 Å². The number of benzene rings is 1. The highest BCUT2D eigenvalue weighted by Crippen LogP contribution is 2.47. The van der Waals surface area contributed by atoms with Gasteiger partial charge in [0, 0.05) is 0 Å². The van der Waals surface area contributed by atoms with Gasteiger partial charge in [-0.1, -0.05) is 50.1 Å². The van der Waals surface area contributed by atoms with Gasteiger partial charge in [0.25, 0.3) is 0 Å². The molecule has 1 aromatic carbocycles. The summed E-state index contributed by atoms with van der Waals surface area (Å²) in [5.74, 6) is -0.223. The minimum absolute atomic E-state index is 0.0103. The predicted molar refractivity (Wildman–Crippen MR) is 87.6 cm³/mol. The van der Waals surface area contributed by atoms with Crippen molar-refractivity contribution in [3.05, 3.63) is 35.9 Å². The Morgan fingerprint density at radius 1 is 1.36 bits per heavy atom. The van der Waals surface area contributed by atoms with E-state index >= 15 is 0 Å². The van der Waals surface area contributed by atoms with Gasteiger partial charge in [-0.2, -0.15) is 0 Å². The van der Waals surface area contributed by atoms with E-state index in [1.165, 1.54) is 5.56 Å². The molecule has 3 heteroatoms. The highest BCUT2D eigenvalue weighted by molar-refractivity contribution is 5.80. The molecule has 1 aliphatic carbocycles. The summed E-state index contributed by atoms with van der Waals surface area (Å²) in [7, 11) is 0. The Kier molecular flexibility index (Phi) is 5.63. The Morgan fingerprint density at radius 3 is 2.64 bits per heavy atom. The Morgan fingerprint density at radius 2 is 2.05 bits per heavy atom. The molecule has 22 heavy (non-hydrogen) atoms. The summed E-state index contributed by atoms with van der Waals surface area (Å²) >= 11 is 0. The summed E-state index contributed by atoms with van der Waals surface area (Å²) in [5.41, 5.74) is -0.128. The second-order valence-corrected chi connectivity index (χ2v) is 6.76. The smallest absolute Gasteiger partial charge is 0.338 e. The maximum atomic E-state index is 12.5. The van der Waals surface area contributed by atoms with Gasteiger partial charge in [-0.3, -0.25) is 0 Å². The van der Waals surface area contributed by atoms with Crippen LogP contribution < -0.4 is 0 Å². The molecule has 1 aromatic rings. The van der Waals surface area contributed by atoms with Crippen molar-refractivity contribution in [3.63, 3.8) is 0 Å². The molecule has 0 aliphatic heterocycles. The van der Waals surface area contributed by atoms with Crippen molar-refractivity contribution in [3.8, 4) is 0 Å². The summed E-state index contributed by atoms with van der Waals surface area (Å²) in [4.78, 5) is 12.5. The van der Waals surface area contributed by atoms with Crippen LogP contribution in [0.3, 0.4) is 0 Å². The second kappa shape index (κ2) is 7.28. The van der Waals surface area contributed by atoms with Gasteiger partial charge in [-0.05, 0) is 50.5 Å². The average molecular weight is 304 g/mol. The Labute approximate surface area is 133 Å². The van der Waals surface area contributed by atoms with Gasteiger partial charge in [0.15, 0.2) is 5.60 Å². The quantitative estimate of drug-likeness (QED) is 0.806. The van der Waals surface area contributed by atoms with E-state index in [9.17, 15) is 9.90 Å². The van der Waals surface area contributed by atoms with E-state index in [0.29, 0.717) is 6.42 Å². The fraction of sp³-hybridized carbons (Fsp3) is 0.632. The molecule has 1 fully saturated rings. The molecule has 0 amide bonds. The standard InChI is InChI=1S/C19H28O3/c1-4-5-11-17-12-16(15-9-7-6-8-10-15)13-19(17,21)18(20)22-14(2)3/h6-10,14,16-17,21H,4-5,11-13H2,1-3H3/t16-,17-,19+/m0/s1. The number of hydrogen-bond acceptors (Lipinski definition) is 3. The molecule has 0 spiro atoms. The average Bonchev–Trinajstić information content (AvgIpc) is 2.84. The third-order valence-corrected chi connectivity index (χ3v) is 4.68. The summed E-state index contributed by atoms with van der Waals surface area (Å²) in [6.07, 6.45) is 4.11. The lowest BCUT2D eigenvalue weighted by Gasteiger charge is -2.28. The molecule has 0 aromatic heterocycles. The van der Waals surface area contributed by atoms with Crippen LogP contribution in [-0.2, 0) is 9.53 Å². The van der Waals surface area contributed by atoms with Crippen molar-refractivity contribution in [2.45, 2.75) is 70.5 Å². The lowest BCUT2D eigenvalue weighted by molar-refractivity contribution is -0.174. The van der Waals surface area contributed by atoms with Crippen LogP contribution >= 0.6 is 0 Å². The maximum Gasteiger partial charge on any atom is 0.338 e. The number of carbonyl (C=O) groups is 1. The van der Waals surface area contributed by atoms with Crippen molar-refractivity contribution >= 4 is 5.97 Å². The zero-order valence-electron chi connectivity index (χ0n) is 13.9. The molecule has 2 rings (SSSR count). The minimum atomic E-state index is -1.33. The van der Waals surface area contributed by atoms with Crippen molar-refractivity contribution in [1.82, 2.24) is 0 Å². The predicted octanol–water partition coefficient (Wildman–Crippen LogP) is 4.05. The van der Waals surface area contributed by atoms with Crippen molar-refractivity contribution in [1.29, 1.82) is 0 Å². The molecular formula is C19H28O3. The van der Waals surface area contributed by atoms with Gasteiger partial charge < -0.3 is 9.84 Å². The molecule has 1 saturated carbocycles. The number of unbranched alkanes of at least 4 members (excludes halogenated alkanes) is 1. The van der Waals surface area contributed by atoms with E-state index in [4.69, 9.17) is 4.74 Å². The maximum absolute atomic E-state index is 12.5. The number of ether oxygens (including phenoxy) is 1. The zero-order valence-corrected chi connectivity index (χ0v) is 13.9. The molecule has 122 valence electrons. The highest BCUT2D eigenvalue weighted by Gasteiger charge is 2.52. The topological polar surface area (TPSA) is 46.5 Å². The molecule has 0 radical (unpaired) electrons. The number of carbonyl (C=O) groups excluding carboxylic acids is 1. The molecule has 1 N–H and O–H groups in total. The van der Waals surface area contributed by atoms with Gasteiger partial charge in [0.05, 0.1) is 6.10 Å². The summed E-state index contributed by atoms with van der Waals surface area (Å²) in [6.45, 7) is 5.78. The van der Waals surface area contributed by atoms with Crippen LogP contribution in [-0.4, -0.2) is 22.8 Å². The van der Waals surface area contributed by atoms with Gasteiger partial charge in [-0.25, -0.2) is 4.79 Å². The van der Waals surface area contributed by atoms with Crippen molar-refractivity contribution in [2.75, 3.05) is 0 Å². The molecule has 3 atom stereocenters. The number of aliphatic hydroxyl groups is 1. The fourth-order valence-electron chi connectivity index (χ4n) is 3.52. The van der Waals surface area contributed by atoms with Gasteiger partial charge in [-0.15, -0.1) is 0 Å². The SMILES string of the molecule is CCCC[C@H]1C[C@H](c2ccccc2)C[C@]1(O)C(=O)OC(C)C. The summed E-state index contributed by atoms with van der Waals surface area (Å²) < 4.78 is 5.34. The first-order valence-corrected chi connectivity index (χ1v) is 8.45. The van der Waals surface area contributed by atoms with E-state index in [0.717, 1.165) is 25.7 Å². The first kappa shape index (κ1) is 17.0. The molecule has 1 aliphatic rings. The number of rotatable bonds is 6. The summed E-state index contributed by atoms with van der Waals surface area (Å²) in [6, 6.07) is 10.2. The largest absolute Gasteiger partial charge is 0.461 e. The Bertz CT molecular complexity index is 483. The molecule has 0 unspecified atom stereocenters. The van der Waals surface area contributed by atoms with Crippen LogP contribution in [0.2, 0.25) is 0 Å². The fourth-order valence-corrected chi connectivity index (χ4v) is 3.52. The highest BCUT2D eigenvalue weighted by atomic mass is 16.6. The van der Waals surface area contributed by atoms with E-state index in [1.807, 2.05) is 32.0 Å². The summed E-state index contributed by atoms with van der Waals surface area (Å²) in [5, 5.41) is 11.1. The normalized spacial score (nSPS) is 28.0. The monoisotopic (exact) mass is 304 g/mol. The van der Waals surface area contributed by atoms with Crippen LogP contribution in [0.25, 0.3) is 0 Å². The number of hydrogen-bond donors (Lipinski definition) is 1. The second-order valence-electron chi connectivity index (χ2n) is 6.76. The molecule has 3 nitrogen and oxygen atoms in total. The molecule has 0 heterocycles.